The number of rotatable bonds is 8. The fraction of sp³-hybridized carbons (Fsp3) is 0.417. The molecule has 0 atom stereocenters. The Bertz CT molecular complexity index is 723. The number of carboxylic acid groups (broad SMARTS) is 1. The average Bonchev–Trinajstić information content (AvgIpc) is 2.43. The molecule has 0 heterocycles. The van der Waals surface area contributed by atoms with Gasteiger partial charge in [0.05, 0.1) is 9.79 Å². The Labute approximate surface area is 129 Å². The predicted octanol–water partition coefficient (Wildman–Crippen LogP) is 0.0800. The molecule has 0 aliphatic carbocycles. The topological polar surface area (TPSA) is 121 Å². The van der Waals surface area contributed by atoms with Crippen LogP contribution in [-0.4, -0.2) is 52.9 Å². The van der Waals surface area contributed by atoms with Crippen LogP contribution in [0.2, 0.25) is 0 Å². The Morgan fingerprint density at radius 2 is 1.59 bits per heavy atom. The van der Waals surface area contributed by atoms with Crippen LogP contribution in [0.1, 0.15) is 12.8 Å². The van der Waals surface area contributed by atoms with Gasteiger partial charge in [-0.2, -0.15) is 0 Å². The van der Waals surface area contributed by atoms with Crippen LogP contribution in [0.25, 0.3) is 0 Å². The van der Waals surface area contributed by atoms with E-state index in [0.717, 1.165) is 4.31 Å². The molecule has 0 radical (unpaired) electrons. The van der Waals surface area contributed by atoms with Gasteiger partial charge in [0, 0.05) is 27.1 Å². The quantitative estimate of drug-likeness (QED) is 0.641. The summed E-state index contributed by atoms with van der Waals surface area (Å²) < 4.78 is 50.9. The first-order valence-corrected chi connectivity index (χ1v) is 9.24. The molecule has 22 heavy (non-hydrogen) atoms. The SMILES string of the molecule is CN(C)S(=O)(=O)c1ccc(S(=O)(=O)NCCCC(=O)O)cc1. The van der Waals surface area contributed by atoms with Gasteiger partial charge in [0.15, 0.2) is 0 Å². The number of sulfonamides is 2. The molecule has 2 N–H and O–H groups in total. The normalized spacial score (nSPS) is 12.5. The highest BCUT2D eigenvalue weighted by molar-refractivity contribution is 7.89. The third kappa shape index (κ3) is 4.77. The summed E-state index contributed by atoms with van der Waals surface area (Å²) in [7, 11) is -4.65. The van der Waals surface area contributed by atoms with Crippen molar-refractivity contribution in [3.8, 4) is 0 Å². The maximum Gasteiger partial charge on any atom is 0.303 e. The lowest BCUT2D eigenvalue weighted by Gasteiger charge is -2.12. The summed E-state index contributed by atoms with van der Waals surface area (Å²) in [4.78, 5) is 10.2. The average molecular weight is 350 g/mol. The van der Waals surface area contributed by atoms with Crippen molar-refractivity contribution in [2.75, 3.05) is 20.6 Å². The van der Waals surface area contributed by atoms with Gasteiger partial charge < -0.3 is 5.11 Å². The molecule has 0 spiro atoms. The molecule has 10 heteroatoms. The lowest BCUT2D eigenvalue weighted by Crippen LogP contribution is -2.25. The van der Waals surface area contributed by atoms with E-state index in [1.807, 2.05) is 0 Å². The predicted molar refractivity (Wildman–Crippen MR) is 79.4 cm³/mol. The Balaban J connectivity index is 2.83. The summed E-state index contributed by atoms with van der Waals surface area (Å²) in [5.41, 5.74) is 0. The van der Waals surface area contributed by atoms with E-state index < -0.39 is 26.0 Å². The second-order valence-corrected chi connectivity index (χ2v) is 8.57. The van der Waals surface area contributed by atoms with Crippen LogP contribution in [-0.2, 0) is 24.8 Å². The lowest BCUT2D eigenvalue weighted by molar-refractivity contribution is -0.137. The fourth-order valence-electron chi connectivity index (χ4n) is 1.53. The molecule has 0 saturated heterocycles. The third-order valence-corrected chi connectivity index (χ3v) is 6.08. The molecule has 8 nitrogen and oxygen atoms in total. The zero-order chi connectivity index (χ0) is 17.0. The van der Waals surface area contributed by atoms with Crippen molar-refractivity contribution in [2.24, 2.45) is 0 Å². The molecule has 0 amide bonds. The highest BCUT2D eigenvalue weighted by Crippen LogP contribution is 2.16. The summed E-state index contributed by atoms with van der Waals surface area (Å²) in [5.74, 6) is -1.00. The van der Waals surface area contributed by atoms with Crippen molar-refractivity contribution >= 4 is 26.0 Å². The van der Waals surface area contributed by atoms with Crippen molar-refractivity contribution in [1.29, 1.82) is 0 Å². The molecule has 124 valence electrons. The molecule has 1 rings (SSSR count). The van der Waals surface area contributed by atoms with Gasteiger partial charge in [-0.3, -0.25) is 4.79 Å². The number of hydrogen-bond donors (Lipinski definition) is 2. The van der Waals surface area contributed by atoms with Crippen LogP contribution in [0.5, 0.6) is 0 Å². The van der Waals surface area contributed by atoms with Crippen molar-refractivity contribution < 1.29 is 26.7 Å². The molecule has 0 aromatic heterocycles. The number of hydrogen-bond acceptors (Lipinski definition) is 5. The Kier molecular flexibility index (Phi) is 6.06. The summed E-state index contributed by atoms with van der Waals surface area (Å²) >= 11 is 0. The Morgan fingerprint density at radius 1 is 1.09 bits per heavy atom. The fourth-order valence-corrected chi connectivity index (χ4v) is 3.51. The van der Waals surface area contributed by atoms with E-state index in [2.05, 4.69) is 4.72 Å². The third-order valence-electron chi connectivity index (χ3n) is 2.77. The van der Waals surface area contributed by atoms with Gasteiger partial charge in [0.1, 0.15) is 0 Å². The number of nitrogens with zero attached hydrogens (tertiary/aromatic N) is 1. The van der Waals surface area contributed by atoms with Gasteiger partial charge in [0.2, 0.25) is 20.0 Å². The van der Waals surface area contributed by atoms with Gasteiger partial charge >= 0.3 is 5.97 Å². The Hall–Kier alpha value is -1.49. The van der Waals surface area contributed by atoms with E-state index in [1.165, 1.54) is 38.4 Å². The van der Waals surface area contributed by atoms with Gasteiger partial charge in [-0.15, -0.1) is 0 Å². The van der Waals surface area contributed by atoms with Gasteiger partial charge in [-0.05, 0) is 30.7 Å². The van der Waals surface area contributed by atoms with Crippen molar-refractivity contribution in [3.05, 3.63) is 24.3 Å². The molecule has 0 fully saturated rings. The molecule has 0 bridgehead atoms. The minimum absolute atomic E-state index is 0.00756. The zero-order valence-corrected chi connectivity index (χ0v) is 13.8. The number of carboxylic acids is 1. The van der Waals surface area contributed by atoms with E-state index in [0.29, 0.717) is 0 Å². The maximum atomic E-state index is 12.0. The number of benzene rings is 1. The van der Waals surface area contributed by atoms with Crippen molar-refractivity contribution in [2.45, 2.75) is 22.6 Å². The molecule has 1 aromatic carbocycles. The number of aliphatic carboxylic acids is 1. The van der Waals surface area contributed by atoms with E-state index in [4.69, 9.17) is 5.11 Å². The van der Waals surface area contributed by atoms with Crippen molar-refractivity contribution in [3.63, 3.8) is 0 Å². The van der Waals surface area contributed by atoms with E-state index in [-0.39, 0.29) is 29.2 Å². The van der Waals surface area contributed by atoms with Crippen LogP contribution in [0, 0.1) is 0 Å². The Morgan fingerprint density at radius 3 is 2.05 bits per heavy atom. The first kappa shape index (κ1) is 18.6. The molecule has 0 saturated carbocycles. The van der Waals surface area contributed by atoms with Crippen LogP contribution < -0.4 is 4.72 Å². The number of carbonyl (C=O) groups is 1. The molecule has 0 aliphatic rings. The van der Waals surface area contributed by atoms with Crippen LogP contribution in [0.15, 0.2) is 34.1 Å². The zero-order valence-electron chi connectivity index (χ0n) is 12.2. The smallest absolute Gasteiger partial charge is 0.303 e. The standard InChI is InChI=1S/C12H18N2O6S2/c1-14(2)22(19,20)11-7-5-10(6-8-11)21(17,18)13-9-3-4-12(15)16/h5-8,13H,3-4,9H2,1-2H3,(H,15,16). The molecule has 0 unspecified atom stereocenters. The van der Waals surface area contributed by atoms with Gasteiger partial charge in [0.25, 0.3) is 0 Å². The molecular formula is C12H18N2O6S2. The first-order valence-electron chi connectivity index (χ1n) is 6.31. The van der Waals surface area contributed by atoms with Gasteiger partial charge in [-0.1, -0.05) is 0 Å². The lowest BCUT2D eigenvalue weighted by atomic mass is 10.3. The van der Waals surface area contributed by atoms with E-state index in [9.17, 15) is 21.6 Å². The molecular weight excluding hydrogens is 332 g/mol. The minimum atomic E-state index is -3.79. The monoisotopic (exact) mass is 350 g/mol. The van der Waals surface area contributed by atoms with Gasteiger partial charge in [-0.25, -0.2) is 25.9 Å². The largest absolute Gasteiger partial charge is 0.481 e. The van der Waals surface area contributed by atoms with Crippen LogP contribution in [0.3, 0.4) is 0 Å². The van der Waals surface area contributed by atoms with Crippen LogP contribution in [0.4, 0.5) is 0 Å². The summed E-state index contributed by atoms with van der Waals surface area (Å²) in [6, 6.07) is 4.80. The summed E-state index contributed by atoms with van der Waals surface area (Å²) in [5, 5.41) is 8.47. The minimum Gasteiger partial charge on any atom is -0.481 e. The highest BCUT2D eigenvalue weighted by atomic mass is 32.2. The second-order valence-electron chi connectivity index (χ2n) is 4.65. The summed E-state index contributed by atoms with van der Waals surface area (Å²) in [6.45, 7) is -0.00756. The summed E-state index contributed by atoms with van der Waals surface area (Å²) in [6.07, 6.45) is 0.0319. The number of nitrogens with one attached hydrogen (secondary N) is 1. The molecule has 0 aliphatic heterocycles. The maximum absolute atomic E-state index is 12.0. The van der Waals surface area contributed by atoms with Crippen LogP contribution >= 0.6 is 0 Å². The highest BCUT2D eigenvalue weighted by Gasteiger charge is 2.19. The second kappa shape index (κ2) is 7.18. The van der Waals surface area contributed by atoms with E-state index in [1.54, 1.807) is 0 Å². The van der Waals surface area contributed by atoms with E-state index >= 15 is 0 Å². The first-order chi connectivity index (χ1) is 10.1. The molecule has 1 aromatic rings. The van der Waals surface area contributed by atoms with Crippen molar-refractivity contribution in [1.82, 2.24) is 9.03 Å².